The summed E-state index contributed by atoms with van der Waals surface area (Å²) < 4.78 is 18.1. The maximum absolute atomic E-state index is 12.9. The van der Waals surface area contributed by atoms with Crippen LogP contribution < -0.4 is 15.0 Å². The fourth-order valence-corrected chi connectivity index (χ4v) is 3.46. The molecule has 5 nitrogen and oxygen atoms in total. The molecule has 1 aliphatic heterocycles. The fourth-order valence-electron chi connectivity index (χ4n) is 3.46. The van der Waals surface area contributed by atoms with Gasteiger partial charge in [0.2, 0.25) is 5.91 Å². The van der Waals surface area contributed by atoms with Gasteiger partial charge in [-0.15, -0.1) is 0 Å². The van der Waals surface area contributed by atoms with Gasteiger partial charge in [0.15, 0.2) is 0 Å². The molecule has 0 bridgehead atoms. The zero-order chi connectivity index (χ0) is 19.9. The fraction of sp³-hybridized carbons (Fsp3) is 0.409. The van der Waals surface area contributed by atoms with Crippen molar-refractivity contribution in [3.63, 3.8) is 0 Å². The second-order valence-corrected chi connectivity index (χ2v) is 7.06. The van der Waals surface area contributed by atoms with Crippen LogP contribution in [0.15, 0.2) is 48.5 Å². The van der Waals surface area contributed by atoms with Crippen LogP contribution in [0.25, 0.3) is 0 Å². The van der Waals surface area contributed by atoms with Gasteiger partial charge in [0.25, 0.3) is 0 Å². The summed E-state index contributed by atoms with van der Waals surface area (Å²) in [7, 11) is 1.67. The Morgan fingerprint density at radius 1 is 1.07 bits per heavy atom. The molecule has 3 rings (SSSR count). The number of ether oxygens (including phenoxy) is 1. The number of methoxy groups -OCH3 is 1. The normalized spacial score (nSPS) is 15.9. The van der Waals surface area contributed by atoms with Crippen molar-refractivity contribution in [2.45, 2.75) is 19.4 Å². The molecule has 2 aromatic rings. The molecule has 1 amide bonds. The van der Waals surface area contributed by atoms with E-state index in [0.29, 0.717) is 13.0 Å². The van der Waals surface area contributed by atoms with Gasteiger partial charge in [-0.25, -0.2) is 4.39 Å². The summed E-state index contributed by atoms with van der Waals surface area (Å²) in [6, 6.07) is 14.3. The van der Waals surface area contributed by atoms with Crippen molar-refractivity contribution in [3.05, 3.63) is 59.9 Å². The molecule has 28 heavy (non-hydrogen) atoms. The molecule has 1 fully saturated rings. The standard InChI is InChI=1S/C22H28FN3O2/c1-17(22(27)24-12-11-18-3-5-19(23)6-4-18)25-13-15-26(16-14-25)20-7-9-21(28-2)10-8-20/h3-10,17H,11-16H2,1-2H3,(H,24,27)/t17-/m1/s1. The van der Waals surface area contributed by atoms with Crippen LogP contribution in [0.5, 0.6) is 5.75 Å². The summed E-state index contributed by atoms with van der Waals surface area (Å²) in [5.41, 5.74) is 2.19. The average Bonchev–Trinajstić information content (AvgIpc) is 2.74. The molecule has 1 heterocycles. The van der Waals surface area contributed by atoms with E-state index in [1.165, 1.54) is 17.8 Å². The minimum absolute atomic E-state index is 0.0417. The van der Waals surface area contributed by atoms with E-state index in [1.54, 1.807) is 19.2 Å². The van der Waals surface area contributed by atoms with Gasteiger partial charge in [-0.05, 0) is 55.3 Å². The number of halogens is 1. The van der Waals surface area contributed by atoms with Crippen molar-refractivity contribution in [1.29, 1.82) is 0 Å². The molecule has 0 radical (unpaired) electrons. The minimum atomic E-state index is -0.241. The maximum atomic E-state index is 12.9. The molecule has 0 aliphatic carbocycles. The van der Waals surface area contributed by atoms with E-state index in [-0.39, 0.29) is 17.8 Å². The number of amides is 1. The Morgan fingerprint density at radius 2 is 1.71 bits per heavy atom. The van der Waals surface area contributed by atoms with E-state index in [1.807, 2.05) is 19.1 Å². The highest BCUT2D eigenvalue weighted by Gasteiger charge is 2.25. The summed E-state index contributed by atoms with van der Waals surface area (Å²) in [6.45, 7) is 5.98. The van der Waals surface area contributed by atoms with Crippen molar-refractivity contribution in [3.8, 4) is 5.75 Å². The molecule has 1 atom stereocenters. The topological polar surface area (TPSA) is 44.8 Å². The summed E-state index contributed by atoms with van der Waals surface area (Å²) in [5, 5.41) is 3.00. The van der Waals surface area contributed by atoms with Gasteiger partial charge in [-0.3, -0.25) is 9.69 Å². The Balaban J connectivity index is 1.42. The molecule has 0 aromatic heterocycles. The third-order valence-electron chi connectivity index (χ3n) is 5.31. The van der Waals surface area contributed by atoms with Crippen molar-refractivity contribution >= 4 is 11.6 Å². The highest BCUT2D eigenvalue weighted by atomic mass is 19.1. The van der Waals surface area contributed by atoms with E-state index in [2.05, 4.69) is 27.2 Å². The van der Waals surface area contributed by atoms with E-state index in [4.69, 9.17) is 4.74 Å². The second kappa shape index (κ2) is 9.55. The molecule has 0 unspecified atom stereocenters. The lowest BCUT2D eigenvalue weighted by Gasteiger charge is -2.38. The lowest BCUT2D eigenvalue weighted by molar-refractivity contribution is -0.125. The van der Waals surface area contributed by atoms with Crippen molar-refractivity contribution in [2.24, 2.45) is 0 Å². The first kappa shape index (κ1) is 20.1. The number of hydrogen-bond donors (Lipinski definition) is 1. The number of nitrogens with one attached hydrogen (secondary N) is 1. The second-order valence-electron chi connectivity index (χ2n) is 7.06. The van der Waals surface area contributed by atoms with Crippen LogP contribution in [0.3, 0.4) is 0 Å². The molecule has 0 saturated carbocycles. The Hall–Kier alpha value is -2.60. The van der Waals surface area contributed by atoms with Crippen molar-refractivity contribution < 1.29 is 13.9 Å². The number of nitrogens with zero attached hydrogens (tertiary/aromatic N) is 2. The van der Waals surface area contributed by atoms with Crippen LogP contribution in [-0.2, 0) is 11.2 Å². The first-order valence-corrected chi connectivity index (χ1v) is 9.72. The molecule has 6 heteroatoms. The first-order chi connectivity index (χ1) is 13.6. The van der Waals surface area contributed by atoms with Gasteiger partial charge < -0.3 is 15.0 Å². The van der Waals surface area contributed by atoms with E-state index in [9.17, 15) is 9.18 Å². The Morgan fingerprint density at radius 3 is 2.32 bits per heavy atom. The third kappa shape index (κ3) is 5.23. The smallest absolute Gasteiger partial charge is 0.237 e. The molecule has 2 aromatic carbocycles. The summed E-state index contributed by atoms with van der Waals surface area (Å²) in [6.07, 6.45) is 0.698. The van der Waals surface area contributed by atoms with E-state index >= 15 is 0 Å². The SMILES string of the molecule is COc1ccc(N2CCN([C@H](C)C(=O)NCCc3ccc(F)cc3)CC2)cc1. The van der Waals surface area contributed by atoms with Gasteiger partial charge in [-0.1, -0.05) is 12.1 Å². The zero-order valence-corrected chi connectivity index (χ0v) is 16.5. The van der Waals surface area contributed by atoms with Gasteiger partial charge in [0, 0.05) is 38.4 Å². The molecule has 1 N–H and O–H groups in total. The number of anilines is 1. The van der Waals surface area contributed by atoms with E-state index in [0.717, 1.165) is 37.5 Å². The molecule has 1 saturated heterocycles. The molecular formula is C22H28FN3O2. The number of carbonyl (C=O) groups excluding carboxylic acids is 1. The largest absolute Gasteiger partial charge is 0.497 e. The molecular weight excluding hydrogens is 357 g/mol. The highest BCUT2D eigenvalue weighted by Crippen LogP contribution is 2.21. The lowest BCUT2D eigenvalue weighted by atomic mass is 10.1. The van der Waals surface area contributed by atoms with E-state index < -0.39 is 0 Å². The van der Waals surface area contributed by atoms with Crippen molar-refractivity contribution in [1.82, 2.24) is 10.2 Å². The number of piperazine rings is 1. The number of benzene rings is 2. The Labute approximate surface area is 166 Å². The van der Waals surface area contributed by atoms with Crippen LogP contribution in [0.1, 0.15) is 12.5 Å². The highest BCUT2D eigenvalue weighted by molar-refractivity contribution is 5.81. The van der Waals surface area contributed by atoms with Gasteiger partial charge in [0.1, 0.15) is 11.6 Å². The molecule has 0 spiro atoms. The predicted octanol–water partition coefficient (Wildman–Crippen LogP) is 2.70. The lowest BCUT2D eigenvalue weighted by Crippen LogP contribution is -2.54. The molecule has 150 valence electrons. The van der Waals surface area contributed by atoms with Crippen LogP contribution in [-0.4, -0.2) is 56.7 Å². The van der Waals surface area contributed by atoms with Crippen LogP contribution in [0.2, 0.25) is 0 Å². The van der Waals surface area contributed by atoms with Gasteiger partial charge in [-0.2, -0.15) is 0 Å². The Kier molecular flexibility index (Phi) is 6.87. The van der Waals surface area contributed by atoms with Crippen LogP contribution >= 0.6 is 0 Å². The van der Waals surface area contributed by atoms with Crippen molar-refractivity contribution in [2.75, 3.05) is 44.7 Å². The quantitative estimate of drug-likeness (QED) is 0.796. The number of carbonyl (C=O) groups is 1. The monoisotopic (exact) mass is 385 g/mol. The predicted molar refractivity (Wildman–Crippen MR) is 109 cm³/mol. The minimum Gasteiger partial charge on any atom is -0.497 e. The summed E-state index contributed by atoms with van der Waals surface area (Å²) >= 11 is 0. The average molecular weight is 385 g/mol. The van der Waals surface area contributed by atoms with Gasteiger partial charge in [0.05, 0.1) is 13.2 Å². The van der Waals surface area contributed by atoms with Crippen LogP contribution in [0.4, 0.5) is 10.1 Å². The van der Waals surface area contributed by atoms with Gasteiger partial charge >= 0.3 is 0 Å². The van der Waals surface area contributed by atoms with Crippen LogP contribution in [0, 0.1) is 5.82 Å². The summed E-state index contributed by atoms with van der Waals surface area (Å²) in [5.74, 6) is 0.656. The first-order valence-electron chi connectivity index (χ1n) is 9.72. The third-order valence-corrected chi connectivity index (χ3v) is 5.31. The zero-order valence-electron chi connectivity index (χ0n) is 16.5. The number of hydrogen-bond acceptors (Lipinski definition) is 4. The maximum Gasteiger partial charge on any atom is 0.237 e. The summed E-state index contributed by atoms with van der Waals surface area (Å²) in [4.78, 5) is 17.0. The Bertz CT molecular complexity index is 756. The number of rotatable bonds is 7. The molecule has 1 aliphatic rings.